The van der Waals surface area contributed by atoms with E-state index in [0.29, 0.717) is 18.3 Å². The molecule has 142 valence electrons. The van der Waals surface area contributed by atoms with Gasteiger partial charge in [-0.15, -0.1) is 0 Å². The fraction of sp³-hybridized carbons (Fsp3) is 0.263. The van der Waals surface area contributed by atoms with Crippen LogP contribution in [0.1, 0.15) is 24.2 Å². The summed E-state index contributed by atoms with van der Waals surface area (Å²) in [5, 5.41) is 13.2. The lowest BCUT2D eigenvalue weighted by Crippen LogP contribution is -2.21. The number of nitrogens with zero attached hydrogens (tertiary/aromatic N) is 1. The lowest BCUT2D eigenvalue weighted by Gasteiger charge is -2.10. The van der Waals surface area contributed by atoms with Crippen LogP contribution in [0, 0.1) is 16.0 Å². The van der Waals surface area contributed by atoms with E-state index in [0.717, 1.165) is 0 Å². The first-order chi connectivity index (χ1) is 12.8. The third kappa shape index (κ3) is 6.43. The van der Waals surface area contributed by atoms with Crippen LogP contribution in [0.25, 0.3) is 0 Å². The highest BCUT2D eigenvalue weighted by atomic mass is 16.6. The zero-order valence-corrected chi connectivity index (χ0v) is 15.0. The van der Waals surface area contributed by atoms with E-state index < -0.39 is 23.4 Å². The van der Waals surface area contributed by atoms with Crippen LogP contribution in [0.4, 0.5) is 11.4 Å². The summed E-state index contributed by atoms with van der Waals surface area (Å²) < 4.78 is 10.5. The van der Waals surface area contributed by atoms with Crippen molar-refractivity contribution in [3.63, 3.8) is 0 Å². The third-order valence-electron chi connectivity index (χ3n) is 3.33. The van der Waals surface area contributed by atoms with Crippen molar-refractivity contribution in [1.82, 2.24) is 0 Å². The van der Waals surface area contributed by atoms with Crippen molar-refractivity contribution >= 4 is 23.3 Å². The largest absolute Gasteiger partial charge is 0.493 e. The van der Waals surface area contributed by atoms with E-state index in [2.05, 4.69) is 5.32 Å². The van der Waals surface area contributed by atoms with Crippen LogP contribution in [-0.4, -0.2) is 30.0 Å². The van der Waals surface area contributed by atoms with E-state index in [4.69, 9.17) is 9.47 Å². The number of esters is 1. The number of carbonyl (C=O) groups is 2. The van der Waals surface area contributed by atoms with Crippen LogP contribution >= 0.6 is 0 Å². The van der Waals surface area contributed by atoms with Gasteiger partial charge in [-0.3, -0.25) is 14.9 Å². The second-order valence-electron chi connectivity index (χ2n) is 6.16. The first kappa shape index (κ1) is 19.9. The molecular formula is C19H20N2O6. The van der Waals surface area contributed by atoms with Crippen molar-refractivity contribution in [3.05, 3.63) is 64.2 Å². The molecule has 2 rings (SSSR count). The third-order valence-corrected chi connectivity index (χ3v) is 3.33. The zero-order chi connectivity index (χ0) is 19.8. The Balaban J connectivity index is 1.89. The SMILES string of the molecule is CC(C)COc1cccc(C(=O)OCC(=O)Nc2cccc([N+](=O)[O-])c2)c1. The maximum Gasteiger partial charge on any atom is 0.338 e. The van der Waals surface area contributed by atoms with Gasteiger partial charge in [-0.1, -0.05) is 26.0 Å². The summed E-state index contributed by atoms with van der Waals surface area (Å²) in [5.41, 5.74) is 0.358. The molecule has 8 heteroatoms. The van der Waals surface area contributed by atoms with E-state index in [1.54, 1.807) is 24.3 Å². The second-order valence-corrected chi connectivity index (χ2v) is 6.16. The highest BCUT2D eigenvalue weighted by Crippen LogP contribution is 2.17. The standard InChI is InChI=1S/C19H20N2O6/c1-13(2)11-26-17-8-3-5-14(9-17)19(23)27-12-18(22)20-15-6-4-7-16(10-15)21(24)25/h3-10,13H,11-12H2,1-2H3,(H,20,22). The molecule has 0 radical (unpaired) electrons. The number of nitro groups is 1. The van der Waals surface area contributed by atoms with Crippen LogP contribution in [0.5, 0.6) is 5.75 Å². The number of ether oxygens (including phenoxy) is 2. The van der Waals surface area contributed by atoms with Gasteiger partial charge in [-0.25, -0.2) is 4.79 Å². The maximum absolute atomic E-state index is 12.1. The fourth-order valence-electron chi connectivity index (χ4n) is 2.08. The molecule has 1 N–H and O–H groups in total. The lowest BCUT2D eigenvalue weighted by atomic mass is 10.2. The van der Waals surface area contributed by atoms with Crippen LogP contribution in [-0.2, 0) is 9.53 Å². The molecule has 0 aromatic heterocycles. The molecule has 0 aliphatic carbocycles. The highest BCUT2D eigenvalue weighted by Gasteiger charge is 2.13. The number of anilines is 1. The predicted molar refractivity (Wildman–Crippen MR) is 98.8 cm³/mol. The number of hydrogen-bond acceptors (Lipinski definition) is 6. The summed E-state index contributed by atoms with van der Waals surface area (Å²) in [6.07, 6.45) is 0. The number of non-ortho nitro benzene ring substituents is 1. The molecule has 2 aromatic rings. The Kier molecular flexibility index (Phi) is 6.87. The molecule has 0 spiro atoms. The van der Waals surface area contributed by atoms with Crippen molar-refractivity contribution in [1.29, 1.82) is 0 Å². The first-order valence-electron chi connectivity index (χ1n) is 8.29. The Labute approximate surface area is 156 Å². The van der Waals surface area contributed by atoms with Gasteiger partial charge >= 0.3 is 5.97 Å². The minimum Gasteiger partial charge on any atom is -0.493 e. The normalized spacial score (nSPS) is 10.3. The quantitative estimate of drug-likeness (QED) is 0.432. The number of nitrogens with one attached hydrogen (secondary N) is 1. The maximum atomic E-state index is 12.1. The fourth-order valence-corrected chi connectivity index (χ4v) is 2.08. The molecule has 27 heavy (non-hydrogen) atoms. The van der Waals surface area contributed by atoms with Gasteiger partial charge < -0.3 is 14.8 Å². The zero-order valence-electron chi connectivity index (χ0n) is 15.0. The minimum atomic E-state index is -0.667. The number of benzene rings is 2. The Morgan fingerprint density at radius 2 is 1.89 bits per heavy atom. The van der Waals surface area contributed by atoms with Crippen LogP contribution in [0.2, 0.25) is 0 Å². The number of hydrogen-bond donors (Lipinski definition) is 1. The van der Waals surface area contributed by atoms with Gasteiger partial charge in [0.15, 0.2) is 6.61 Å². The average Bonchev–Trinajstić information content (AvgIpc) is 2.65. The molecular weight excluding hydrogens is 352 g/mol. The molecule has 0 aliphatic rings. The van der Waals surface area contributed by atoms with Gasteiger partial charge in [0.05, 0.1) is 17.1 Å². The molecule has 0 bridgehead atoms. The Hall–Kier alpha value is -3.42. The van der Waals surface area contributed by atoms with Crippen LogP contribution in [0.3, 0.4) is 0 Å². The number of nitro benzene ring substituents is 1. The van der Waals surface area contributed by atoms with Crippen LogP contribution in [0.15, 0.2) is 48.5 Å². The predicted octanol–water partition coefficient (Wildman–Crippen LogP) is 3.43. The summed E-state index contributed by atoms with van der Waals surface area (Å²) in [5.74, 6) is -0.382. The van der Waals surface area contributed by atoms with Crippen molar-refractivity contribution in [2.75, 3.05) is 18.5 Å². The van der Waals surface area contributed by atoms with Crippen LogP contribution < -0.4 is 10.1 Å². The van der Waals surface area contributed by atoms with E-state index in [-0.39, 0.29) is 16.9 Å². The second kappa shape index (κ2) is 9.33. The molecule has 0 fully saturated rings. The molecule has 2 aromatic carbocycles. The molecule has 0 aliphatic heterocycles. The molecule has 8 nitrogen and oxygen atoms in total. The Morgan fingerprint density at radius 1 is 1.15 bits per heavy atom. The highest BCUT2D eigenvalue weighted by molar-refractivity contribution is 5.95. The van der Waals surface area contributed by atoms with Gasteiger partial charge in [0.1, 0.15) is 5.75 Å². The molecule has 0 unspecified atom stereocenters. The number of rotatable bonds is 8. The van der Waals surface area contributed by atoms with E-state index in [1.807, 2.05) is 13.8 Å². The van der Waals surface area contributed by atoms with Gasteiger partial charge in [0, 0.05) is 17.8 Å². The van der Waals surface area contributed by atoms with Gasteiger partial charge in [0.2, 0.25) is 0 Å². The first-order valence-corrected chi connectivity index (χ1v) is 8.29. The smallest absolute Gasteiger partial charge is 0.338 e. The average molecular weight is 372 g/mol. The summed E-state index contributed by atoms with van der Waals surface area (Å²) in [6.45, 7) is 4.03. The van der Waals surface area contributed by atoms with E-state index >= 15 is 0 Å². The van der Waals surface area contributed by atoms with Crippen molar-refractivity contribution in [2.24, 2.45) is 5.92 Å². The summed E-state index contributed by atoms with van der Waals surface area (Å²) in [4.78, 5) is 34.1. The van der Waals surface area contributed by atoms with Gasteiger partial charge in [-0.05, 0) is 30.2 Å². The summed E-state index contributed by atoms with van der Waals surface area (Å²) in [6, 6.07) is 12.0. The number of amides is 1. The molecule has 1 amide bonds. The van der Waals surface area contributed by atoms with Crippen molar-refractivity contribution in [2.45, 2.75) is 13.8 Å². The van der Waals surface area contributed by atoms with Crippen molar-refractivity contribution in [3.8, 4) is 5.75 Å². The van der Waals surface area contributed by atoms with Gasteiger partial charge in [-0.2, -0.15) is 0 Å². The number of carbonyl (C=O) groups excluding carboxylic acids is 2. The Morgan fingerprint density at radius 3 is 2.59 bits per heavy atom. The monoisotopic (exact) mass is 372 g/mol. The van der Waals surface area contributed by atoms with Gasteiger partial charge in [0.25, 0.3) is 11.6 Å². The van der Waals surface area contributed by atoms with Crippen molar-refractivity contribution < 1.29 is 24.0 Å². The summed E-state index contributed by atoms with van der Waals surface area (Å²) >= 11 is 0. The minimum absolute atomic E-state index is 0.150. The van der Waals surface area contributed by atoms with E-state index in [9.17, 15) is 19.7 Å². The molecule has 0 atom stereocenters. The molecule has 0 saturated heterocycles. The topological polar surface area (TPSA) is 108 Å². The lowest BCUT2D eigenvalue weighted by molar-refractivity contribution is -0.384. The Bertz CT molecular complexity index is 834. The van der Waals surface area contributed by atoms with E-state index in [1.165, 1.54) is 24.3 Å². The molecule has 0 saturated carbocycles. The molecule has 0 heterocycles. The summed E-state index contributed by atoms with van der Waals surface area (Å²) in [7, 11) is 0.